The van der Waals surface area contributed by atoms with Gasteiger partial charge in [0.2, 0.25) is 0 Å². The third-order valence-corrected chi connectivity index (χ3v) is 1.26. The standard InChI is InChI=1S/C10H14F3N/c1-4-5-6-9(10(11,12)13)14-7-8(2)3/h5-7H,4H2,1-3H3/b6-5+,14-9?. The number of hydrogen-bond acceptors (Lipinski definition) is 1. The zero-order valence-electron chi connectivity index (χ0n) is 8.52. The smallest absolute Gasteiger partial charge is 0.252 e. The zero-order chi connectivity index (χ0) is 11.2. The number of halogens is 3. The topological polar surface area (TPSA) is 12.4 Å². The van der Waals surface area contributed by atoms with Crippen molar-refractivity contribution in [2.75, 3.05) is 0 Å². The third-order valence-electron chi connectivity index (χ3n) is 1.26. The normalized spacial score (nSPS) is 13.4. The molecule has 80 valence electrons. The van der Waals surface area contributed by atoms with Gasteiger partial charge >= 0.3 is 6.18 Å². The van der Waals surface area contributed by atoms with Gasteiger partial charge in [0.05, 0.1) is 0 Å². The molecule has 0 saturated carbocycles. The summed E-state index contributed by atoms with van der Waals surface area (Å²) in [6.07, 6.45) is -0.172. The molecule has 4 heteroatoms. The van der Waals surface area contributed by atoms with E-state index in [9.17, 15) is 13.2 Å². The van der Waals surface area contributed by atoms with E-state index in [4.69, 9.17) is 0 Å². The van der Waals surface area contributed by atoms with Gasteiger partial charge in [-0.25, -0.2) is 0 Å². The minimum absolute atomic E-state index is 0.559. The van der Waals surface area contributed by atoms with Gasteiger partial charge in [-0.2, -0.15) is 13.2 Å². The fourth-order valence-corrected chi connectivity index (χ4v) is 0.639. The Morgan fingerprint density at radius 3 is 2.21 bits per heavy atom. The maximum Gasteiger partial charge on any atom is 0.433 e. The van der Waals surface area contributed by atoms with Crippen LogP contribution in [0.15, 0.2) is 28.9 Å². The molecule has 0 aliphatic carbocycles. The molecule has 0 amide bonds. The molecule has 0 rings (SSSR count). The Hall–Kier alpha value is -1.06. The van der Waals surface area contributed by atoms with Crippen LogP contribution in [0.1, 0.15) is 27.2 Å². The fraction of sp³-hybridized carbons (Fsp3) is 0.500. The van der Waals surface area contributed by atoms with Crippen molar-refractivity contribution in [3.8, 4) is 0 Å². The van der Waals surface area contributed by atoms with Gasteiger partial charge in [-0.3, -0.25) is 4.99 Å². The molecule has 0 fully saturated rings. The molecule has 0 aliphatic heterocycles. The maximum absolute atomic E-state index is 12.3. The van der Waals surface area contributed by atoms with E-state index in [0.717, 1.165) is 11.6 Å². The Morgan fingerprint density at radius 1 is 1.29 bits per heavy atom. The van der Waals surface area contributed by atoms with Crippen molar-refractivity contribution in [3.05, 3.63) is 23.9 Å². The first-order chi connectivity index (χ1) is 6.38. The number of hydrogen-bond donors (Lipinski definition) is 0. The van der Waals surface area contributed by atoms with E-state index in [1.54, 1.807) is 20.8 Å². The van der Waals surface area contributed by atoms with Crippen molar-refractivity contribution >= 4 is 5.71 Å². The summed E-state index contributed by atoms with van der Waals surface area (Å²) < 4.78 is 36.8. The lowest BCUT2D eigenvalue weighted by molar-refractivity contribution is -0.0576. The van der Waals surface area contributed by atoms with Crippen LogP contribution in [0.4, 0.5) is 13.2 Å². The SMILES string of the molecule is CC/C=C/C(=NC=C(C)C)C(F)(F)F. The molecule has 0 heterocycles. The molecule has 0 aromatic heterocycles. The van der Waals surface area contributed by atoms with Crippen molar-refractivity contribution in [1.29, 1.82) is 0 Å². The molecule has 0 bridgehead atoms. The summed E-state index contributed by atoms with van der Waals surface area (Å²) in [4.78, 5) is 3.37. The fourth-order valence-electron chi connectivity index (χ4n) is 0.639. The molecule has 14 heavy (non-hydrogen) atoms. The molecule has 0 aromatic carbocycles. The second-order valence-corrected chi connectivity index (χ2v) is 3.03. The van der Waals surface area contributed by atoms with Crippen molar-refractivity contribution in [2.45, 2.75) is 33.4 Å². The van der Waals surface area contributed by atoms with Crippen molar-refractivity contribution in [2.24, 2.45) is 4.99 Å². The van der Waals surface area contributed by atoms with Crippen LogP contribution in [0, 0.1) is 0 Å². The van der Waals surface area contributed by atoms with Gasteiger partial charge in [0.15, 0.2) is 0 Å². The second-order valence-electron chi connectivity index (χ2n) is 3.03. The highest BCUT2D eigenvalue weighted by atomic mass is 19.4. The lowest BCUT2D eigenvalue weighted by atomic mass is 10.3. The van der Waals surface area contributed by atoms with Crippen LogP contribution in [0.3, 0.4) is 0 Å². The quantitative estimate of drug-likeness (QED) is 0.620. The van der Waals surface area contributed by atoms with Gasteiger partial charge in [0.1, 0.15) is 5.71 Å². The highest BCUT2D eigenvalue weighted by Gasteiger charge is 2.33. The summed E-state index contributed by atoms with van der Waals surface area (Å²) in [5.74, 6) is 0. The number of aliphatic imine (C=N–C) groups is 1. The first-order valence-corrected chi connectivity index (χ1v) is 4.32. The van der Waals surface area contributed by atoms with Crippen LogP contribution >= 0.6 is 0 Å². The summed E-state index contributed by atoms with van der Waals surface area (Å²) in [6.45, 7) is 5.16. The van der Waals surface area contributed by atoms with Gasteiger partial charge in [-0.1, -0.05) is 18.6 Å². The molecule has 0 aromatic rings. The van der Waals surface area contributed by atoms with E-state index >= 15 is 0 Å². The molecule has 0 saturated heterocycles. The Morgan fingerprint density at radius 2 is 1.86 bits per heavy atom. The highest BCUT2D eigenvalue weighted by Crippen LogP contribution is 2.18. The zero-order valence-corrected chi connectivity index (χ0v) is 8.52. The van der Waals surface area contributed by atoms with Gasteiger partial charge < -0.3 is 0 Å². The van der Waals surface area contributed by atoms with Crippen LogP contribution in [0.25, 0.3) is 0 Å². The monoisotopic (exact) mass is 205 g/mol. The predicted octanol–water partition coefficient (Wildman–Crippen LogP) is 3.88. The third kappa shape index (κ3) is 5.56. The van der Waals surface area contributed by atoms with Crippen LogP contribution in [-0.2, 0) is 0 Å². The Kier molecular flexibility index (Phi) is 5.20. The molecular formula is C10H14F3N. The molecule has 0 N–H and O–H groups in total. The van der Waals surface area contributed by atoms with Crippen molar-refractivity contribution < 1.29 is 13.2 Å². The molecule has 0 radical (unpaired) electrons. The average molecular weight is 205 g/mol. The number of alkyl halides is 3. The number of allylic oxidation sites excluding steroid dienone is 3. The van der Waals surface area contributed by atoms with E-state index in [1.807, 2.05) is 0 Å². The van der Waals surface area contributed by atoms with Crippen LogP contribution in [0.5, 0.6) is 0 Å². The minimum Gasteiger partial charge on any atom is -0.252 e. The second kappa shape index (κ2) is 5.62. The van der Waals surface area contributed by atoms with E-state index < -0.39 is 11.9 Å². The Bertz CT molecular complexity index is 255. The Labute approximate surface area is 82.0 Å². The lowest BCUT2D eigenvalue weighted by Crippen LogP contribution is -2.20. The van der Waals surface area contributed by atoms with Crippen molar-refractivity contribution in [3.63, 3.8) is 0 Å². The van der Waals surface area contributed by atoms with Gasteiger partial charge in [-0.15, -0.1) is 0 Å². The largest absolute Gasteiger partial charge is 0.433 e. The first kappa shape index (κ1) is 12.9. The van der Waals surface area contributed by atoms with E-state index in [1.165, 1.54) is 12.3 Å². The van der Waals surface area contributed by atoms with Gasteiger partial charge in [-0.05, 0) is 26.3 Å². The number of nitrogens with zero attached hydrogens (tertiary/aromatic N) is 1. The summed E-state index contributed by atoms with van der Waals surface area (Å²) >= 11 is 0. The summed E-state index contributed by atoms with van der Waals surface area (Å²) in [5.41, 5.74) is -0.128. The van der Waals surface area contributed by atoms with E-state index in [0.29, 0.717) is 6.42 Å². The molecule has 0 spiro atoms. The van der Waals surface area contributed by atoms with E-state index in [-0.39, 0.29) is 0 Å². The van der Waals surface area contributed by atoms with Crippen molar-refractivity contribution in [1.82, 2.24) is 0 Å². The summed E-state index contributed by atoms with van der Waals surface area (Å²) in [7, 11) is 0. The maximum atomic E-state index is 12.3. The minimum atomic E-state index is -4.38. The lowest BCUT2D eigenvalue weighted by Gasteiger charge is -2.04. The summed E-state index contributed by atoms with van der Waals surface area (Å²) in [6, 6.07) is 0. The van der Waals surface area contributed by atoms with Crippen LogP contribution < -0.4 is 0 Å². The van der Waals surface area contributed by atoms with E-state index in [2.05, 4.69) is 4.99 Å². The molecule has 0 unspecified atom stereocenters. The van der Waals surface area contributed by atoms with Crippen LogP contribution in [-0.4, -0.2) is 11.9 Å². The van der Waals surface area contributed by atoms with Crippen LogP contribution in [0.2, 0.25) is 0 Å². The molecule has 1 nitrogen and oxygen atoms in total. The molecular weight excluding hydrogens is 191 g/mol. The predicted molar refractivity (Wildman–Crippen MR) is 52.4 cm³/mol. The molecule has 0 aliphatic rings. The van der Waals surface area contributed by atoms with Gasteiger partial charge in [0, 0.05) is 6.20 Å². The van der Waals surface area contributed by atoms with Gasteiger partial charge in [0.25, 0.3) is 0 Å². The first-order valence-electron chi connectivity index (χ1n) is 4.32. The molecule has 0 atom stereocenters. The summed E-state index contributed by atoms with van der Waals surface area (Å²) in [5, 5.41) is 0. The average Bonchev–Trinajstić information content (AvgIpc) is 2.01. The number of rotatable bonds is 3. The Balaban J connectivity index is 4.83. The highest BCUT2D eigenvalue weighted by molar-refractivity contribution is 5.99.